The van der Waals surface area contributed by atoms with E-state index in [0.29, 0.717) is 0 Å². The molecule has 0 bridgehead atoms. The first-order valence-corrected chi connectivity index (χ1v) is 13.3. The third-order valence-corrected chi connectivity index (χ3v) is 7.04. The summed E-state index contributed by atoms with van der Waals surface area (Å²) in [7, 11) is 4.31. The van der Waals surface area contributed by atoms with Gasteiger partial charge in [-0.05, 0) is 27.7 Å². The number of carbonyl (C=O) groups excluding carboxylic acids is 2. The second kappa shape index (κ2) is 13.5. The topological polar surface area (TPSA) is 193 Å². The Morgan fingerprint density at radius 2 is 1.30 bits per heavy atom. The largest absolute Gasteiger partial charge is 0.490 e. The molecule has 0 saturated carbocycles. The number of methoxy groups -OCH3 is 3. The fraction of sp³-hybridized carbons (Fsp3) is 0.880. The maximum Gasteiger partial charge on any atom is 0.490 e. The van der Waals surface area contributed by atoms with Crippen LogP contribution in [0.1, 0.15) is 40.5 Å². The van der Waals surface area contributed by atoms with Crippen molar-refractivity contribution in [2.24, 2.45) is 5.73 Å². The van der Waals surface area contributed by atoms with Crippen LogP contribution < -0.4 is 11.1 Å². The summed E-state index contributed by atoms with van der Waals surface area (Å²) in [5.41, 5.74) is 6.37. The van der Waals surface area contributed by atoms with Gasteiger partial charge >= 0.3 is 18.1 Å². The zero-order valence-corrected chi connectivity index (χ0v) is 24.7. The second-order valence-electron chi connectivity index (χ2n) is 11.2. The molecule has 0 spiro atoms. The summed E-state index contributed by atoms with van der Waals surface area (Å²) in [6.07, 6.45) is -10.1. The van der Waals surface area contributed by atoms with Crippen molar-refractivity contribution >= 4 is 17.8 Å². The molecule has 0 aliphatic carbocycles. The van der Waals surface area contributed by atoms with Crippen LogP contribution in [0, 0.1) is 0 Å². The van der Waals surface area contributed by atoms with Crippen molar-refractivity contribution in [1.29, 1.82) is 0 Å². The fourth-order valence-electron chi connectivity index (χ4n) is 5.32. The van der Waals surface area contributed by atoms with Gasteiger partial charge in [-0.15, -0.1) is 0 Å². The van der Waals surface area contributed by atoms with Gasteiger partial charge in [-0.3, -0.25) is 9.59 Å². The van der Waals surface area contributed by atoms with Gasteiger partial charge in [0.25, 0.3) is 0 Å². The van der Waals surface area contributed by atoms with E-state index in [1.165, 1.54) is 21.3 Å². The number of hydrogen-bond acceptors (Lipinski definition) is 13. The van der Waals surface area contributed by atoms with E-state index in [-0.39, 0.29) is 12.8 Å². The number of esters is 1. The highest BCUT2D eigenvalue weighted by Gasteiger charge is 2.58. The number of hydrogen-bond donors (Lipinski definition) is 3. The monoisotopic (exact) mass is 632 g/mol. The average molecular weight is 633 g/mol. The van der Waals surface area contributed by atoms with Gasteiger partial charge in [0.15, 0.2) is 24.2 Å². The molecular weight excluding hydrogens is 593 g/mol. The summed E-state index contributed by atoms with van der Waals surface area (Å²) in [4.78, 5) is 34.1. The predicted molar refractivity (Wildman–Crippen MR) is 134 cm³/mol. The number of nitrogens with one attached hydrogen (secondary N) is 1. The van der Waals surface area contributed by atoms with Gasteiger partial charge in [-0.25, -0.2) is 4.79 Å². The lowest BCUT2D eigenvalue weighted by Crippen LogP contribution is -2.53. The van der Waals surface area contributed by atoms with E-state index in [1.54, 1.807) is 27.7 Å². The van der Waals surface area contributed by atoms with Gasteiger partial charge in [0.1, 0.15) is 36.6 Å². The normalized spacial score (nSPS) is 35.2. The molecule has 0 aromatic rings. The Bertz CT molecular complexity index is 1010. The van der Waals surface area contributed by atoms with Gasteiger partial charge in [0, 0.05) is 26.7 Å². The van der Waals surface area contributed by atoms with Crippen molar-refractivity contribution in [1.82, 2.24) is 5.32 Å². The maximum atomic E-state index is 13.1. The highest BCUT2D eigenvalue weighted by molar-refractivity contribution is 5.78. The number of nitrogens with two attached hydrogens (primary N) is 1. The van der Waals surface area contributed by atoms with E-state index in [1.807, 2.05) is 0 Å². The van der Waals surface area contributed by atoms with Crippen LogP contribution >= 0.6 is 0 Å². The number of amides is 1. The quantitative estimate of drug-likeness (QED) is 0.291. The lowest BCUT2D eigenvalue weighted by molar-refractivity contribution is -0.220. The fourth-order valence-corrected chi connectivity index (χ4v) is 5.32. The number of fused-ring (bicyclic) bond motifs is 2. The number of rotatable bonds is 9. The van der Waals surface area contributed by atoms with Gasteiger partial charge in [-0.2, -0.15) is 13.2 Å². The van der Waals surface area contributed by atoms with Crippen molar-refractivity contribution < 1.29 is 75.3 Å². The number of carbonyl (C=O) groups is 3. The minimum absolute atomic E-state index is 0.109. The summed E-state index contributed by atoms with van der Waals surface area (Å²) >= 11 is 0. The summed E-state index contributed by atoms with van der Waals surface area (Å²) in [5.74, 6) is -5.34. The highest BCUT2D eigenvalue weighted by atomic mass is 19.4. The lowest BCUT2D eigenvalue weighted by Gasteiger charge is -2.31. The molecule has 4 saturated heterocycles. The van der Waals surface area contributed by atoms with Gasteiger partial charge in [-0.1, -0.05) is 0 Å². The number of halogens is 3. The maximum absolute atomic E-state index is 13.1. The smallest absolute Gasteiger partial charge is 0.475 e. The molecule has 4 N–H and O–H groups in total. The van der Waals surface area contributed by atoms with E-state index < -0.39 is 96.9 Å². The summed E-state index contributed by atoms with van der Waals surface area (Å²) in [5, 5.41) is 9.98. The molecule has 18 heteroatoms. The third-order valence-electron chi connectivity index (χ3n) is 7.04. The number of carboxylic acid groups (broad SMARTS) is 1. The predicted octanol–water partition coefficient (Wildman–Crippen LogP) is 0.168. The Labute approximate surface area is 245 Å². The number of carboxylic acids is 1. The molecule has 248 valence electrons. The standard InChI is InChI=1S/C23H38N2O11.C2HF3O2/c1-22(2)33-18-16(29-6)14(31-20(18)35-22)10(24)8-12(26)25-11(9-13(27)28-5)15-17(30-7)19-21(32-15)36-23(3,4)34-19;3-2(4,5)1(6)7/h10-11,14-21H,8-9,24H2,1-7H3,(H,25,26);(H,6,7)/t10?,11?,14-,15+,16+,17+,18-,19-,20-,21-;/m1./s1. The van der Waals surface area contributed by atoms with Crippen LogP contribution in [0.3, 0.4) is 0 Å². The van der Waals surface area contributed by atoms with E-state index in [9.17, 15) is 22.8 Å². The zero-order valence-electron chi connectivity index (χ0n) is 24.7. The molecule has 10 atom stereocenters. The Morgan fingerprint density at radius 1 is 0.860 bits per heavy atom. The van der Waals surface area contributed by atoms with Crippen LogP contribution in [0.25, 0.3) is 0 Å². The van der Waals surface area contributed by atoms with Crippen LogP contribution in [0.2, 0.25) is 0 Å². The molecule has 4 aliphatic rings. The zero-order chi connectivity index (χ0) is 32.5. The number of alkyl halides is 3. The first kappa shape index (κ1) is 35.3. The van der Waals surface area contributed by atoms with Crippen LogP contribution in [-0.2, 0) is 57.0 Å². The minimum Gasteiger partial charge on any atom is -0.475 e. The van der Waals surface area contributed by atoms with Crippen molar-refractivity contribution in [3.63, 3.8) is 0 Å². The molecular formula is C25H39F3N2O13. The van der Waals surface area contributed by atoms with Crippen molar-refractivity contribution in [3.05, 3.63) is 0 Å². The molecule has 0 radical (unpaired) electrons. The average Bonchev–Trinajstić information content (AvgIpc) is 3.56. The van der Waals surface area contributed by atoms with E-state index in [0.717, 1.165) is 0 Å². The lowest BCUT2D eigenvalue weighted by atomic mass is 9.98. The van der Waals surface area contributed by atoms with Crippen LogP contribution in [0.4, 0.5) is 13.2 Å². The molecule has 1 amide bonds. The Kier molecular flexibility index (Phi) is 11.0. The van der Waals surface area contributed by atoms with Gasteiger partial charge in [0.05, 0.1) is 19.6 Å². The Morgan fingerprint density at radius 3 is 1.72 bits per heavy atom. The van der Waals surface area contributed by atoms with E-state index >= 15 is 0 Å². The van der Waals surface area contributed by atoms with E-state index in [4.69, 9.17) is 58.3 Å². The molecule has 43 heavy (non-hydrogen) atoms. The molecule has 0 aromatic carbocycles. The minimum atomic E-state index is -5.08. The van der Waals surface area contributed by atoms with Crippen molar-refractivity contribution in [2.75, 3.05) is 21.3 Å². The van der Waals surface area contributed by atoms with Crippen LogP contribution in [0.15, 0.2) is 0 Å². The molecule has 4 aliphatic heterocycles. The van der Waals surface area contributed by atoms with E-state index in [2.05, 4.69) is 5.32 Å². The first-order valence-electron chi connectivity index (χ1n) is 13.3. The molecule has 2 unspecified atom stereocenters. The molecule has 0 aromatic heterocycles. The van der Waals surface area contributed by atoms with Crippen LogP contribution in [-0.4, -0.2) is 123 Å². The molecule has 4 fully saturated rings. The van der Waals surface area contributed by atoms with Gasteiger partial charge < -0.3 is 58.8 Å². The highest BCUT2D eigenvalue weighted by Crippen LogP contribution is 2.41. The molecule has 15 nitrogen and oxygen atoms in total. The van der Waals surface area contributed by atoms with Gasteiger partial charge in [0.2, 0.25) is 5.91 Å². The number of ether oxygens (including phenoxy) is 9. The molecule has 4 heterocycles. The second-order valence-corrected chi connectivity index (χ2v) is 11.2. The molecule has 4 rings (SSSR count). The third kappa shape index (κ3) is 8.52. The summed E-state index contributed by atoms with van der Waals surface area (Å²) in [6, 6.07) is -1.51. The van der Waals surface area contributed by atoms with Crippen molar-refractivity contribution in [3.8, 4) is 0 Å². The van der Waals surface area contributed by atoms with Crippen molar-refractivity contribution in [2.45, 2.75) is 120 Å². The Hall–Kier alpha value is -2.16. The SMILES string of the molecule is COC(=O)CC(NC(=O)CC(N)[C@H]1O[C@@H]2OC(C)(C)O[C@@H]2[C@H]1OC)[C@@H]1O[C@@H]2OC(C)(C)O[C@@H]2[C@H]1OC.O=C(O)C(F)(F)F. The first-order chi connectivity index (χ1) is 19.8. The number of aliphatic carboxylic acids is 1. The summed E-state index contributed by atoms with van der Waals surface area (Å²) in [6.45, 7) is 7.12. The summed E-state index contributed by atoms with van der Waals surface area (Å²) < 4.78 is 83.2. The van der Waals surface area contributed by atoms with Crippen LogP contribution in [0.5, 0.6) is 0 Å². The Balaban J connectivity index is 0.000000646.